The number of amides is 1. The van der Waals surface area contributed by atoms with Gasteiger partial charge in [-0.1, -0.05) is 11.8 Å². The number of ether oxygens (including phenoxy) is 2. The maximum Gasteiger partial charge on any atom is 0.339 e. The smallest absolute Gasteiger partial charge is 0.339 e. The maximum atomic E-state index is 12.3. The van der Waals surface area contributed by atoms with Crippen molar-refractivity contribution in [2.24, 2.45) is 0 Å². The van der Waals surface area contributed by atoms with Crippen LogP contribution < -0.4 is 5.32 Å². The summed E-state index contributed by atoms with van der Waals surface area (Å²) in [6.45, 7) is 0. The second-order valence-electron chi connectivity index (χ2n) is 5.43. The lowest BCUT2D eigenvalue weighted by atomic mass is 10.1. The summed E-state index contributed by atoms with van der Waals surface area (Å²) in [6.07, 6.45) is 1.47. The molecule has 0 saturated heterocycles. The summed E-state index contributed by atoms with van der Waals surface area (Å²) in [5.41, 5.74) is 0.381. The van der Waals surface area contributed by atoms with Crippen LogP contribution in [0.15, 0.2) is 50.7 Å². The third-order valence-corrected chi connectivity index (χ3v) is 4.40. The number of esters is 2. The number of hydrogen-bond acceptors (Lipinski definition) is 10. The number of benzene rings is 1. The van der Waals surface area contributed by atoms with Crippen LogP contribution in [-0.4, -0.2) is 48.0 Å². The monoisotopic (exact) mass is 417 g/mol. The average molecular weight is 417 g/mol. The van der Waals surface area contributed by atoms with Gasteiger partial charge < -0.3 is 23.6 Å². The molecule has 2 aromatic heterocycles. The molecule has 1 amide bonds. The zero-order valence-electron chi connectivity index (χ0n) is 15.3. The Labute approximate surface area is 168 Å². The third-order valence-electron chi connectivity index (χ3n) is 3.59. The summed E-state index contributed by atoms with van der Waals surface area (Å²) >= 11 is 0.999. The third kappa shape index (κ3) is 4.82. The normalized spacial score (nSPS) is 10.4. The summed E-state index contributed by atoms with van der Waals surface area (Å²) in [4.78, 5) is 36.0. The first-order valence-electron chi connectivity index (χ1n) is 8.12. The zero-order valence-corrected chi connectivity index (χ0v) is 16.1. The van der Waals surface area contributed by atoms with Gasteiger partial charge in [-0.05, 0) is 30.3 Å². The van der Waals surface area contributed by atoms with Gasteiger partial charge in [-0.25, -0.2) is 9.59 Å². The first-order chi connectivity index (χ1) is 14.0. The van der Waals surface area contributed by atoms with Gasteiger partial charge >= 0.3 is 11.9 Å². The number of carbonyl (C=O) groups is 3. The van der Waals surface area contributed by atoms with E-state index in [-0.39, 0.29) is 33.7 Å². The van der Waals surface area contributed by atoms with E-state index in [1.54, 1.807) is 12.1 Å². The van der Waals surface area contributed by atoms with Gasteiger partial charge in [-0.15, -0.1) is 10.2 Å². The van der Waals surface area contributed by atoms with Crippen molar-refractivity contribution < 1.29 is 32.7 Å². The summed E-state index contributed by atoms with van der Waals surface area (Å²) in [6, 6.07) is 7.45. The Morgan fingerprint density at radius 3 is 2.59 bits per heavy atom. The number of nitrogens with zero attached hydrogens (tertiary/aromatic N) is 2. The molecule has 10 nitrogen and oxygen atoms in total. The molecule has 1 aromatic carbocycles. The maximum absolute atomic E-state index is 12.3. The van der Waals surface area contributed by atoms with Crippen molar-refractivity contribution in [3.63, 3.8) is 0 Å². The van der Waals surface area contributed by atoms with Gasteiger partial charge in [-0.2, -0.15) is 0 Å². The van der Waals surface area contributed by atoms with Crippen molar-refractivity contribution in [2.75, 3.05) is 25.3 Å². The van der Waals surface area contributed by atoms with Crippen molar-refractivity contribution in [3.8, 4) is 11.7 Å². The number of nitrogens with one attached hydrogen (secondary N) is 1. The molecule has 0 atom stereocenters. The lowest BCUT2D eigenvalue weighted by Crippen LogP contribution is -2.18. The second kappa shape index (κ2) is 9.06. The van der Waals surface area contributed by atoms with Crippen molar-refractivity contribution in [1.82, 2.24) is 10.2 Å². The molecule has 29 heavy (non-hydrogen) atoms. The molecule has 3 aromatic rings. The van der Waals surface area contributed by atoms with Gasteiger partial charge in [0.1, 0.15) is 0 Å². The highest BCUT2D eigenvalue weighted by Gasteiger charge is 2.18. The van der Waals surface area contributed by atoms with E-state index in [1.807, 2.05) is 0 Å². The molecule has 3 rings (SSSR count). The van der Waals surface area contributed by atoms with E-state index in [1.165, 1.54) is 38.7 Å². The van der Waals surface area contributed by atoms with E-state index < -0.39 is 17.8 Å². The van der Waals surface area contributed by atoms with Crippen LogP contribution in [0.2, 0.25) is 0 Å². The molecule has 0 aliphatic rings. The number of hydrogen-bond donors (Lipinski definition) is 1. The number of anilines is 1. The molecule has 0 aliphatic carbocycles. The highest BCUT2D eigenvalue weighted by atomic mass is 32.2. The lowest BCUT2D eigenvalue weighted by Gasteiger charge is -2.11. The minimum atomic E-state index is -0.663. The number of furan rings is 1. The summed E-state index contributed by atoms with van der Waals surface area (Å²) in [5.74, 6) is -1.21. The molecule has 0 aliphatic heterocycles. The Bertz CT molecular complexity index is 1030. The first kappa shape index (κ1) is 20.1. The van der Waals surface area contributed by atoms with Crippen LogP contribution >= 0.6 is 11.8 Å². The molecule has 0 saturated carbocycles. The Morgan fingerprint density at radius 2 is 1.90 bits per heavy atom. The molecule has 1 N–H and O–H groups in total. The van der Waals surface area contributed by atoms with E-state index in [0.29, 0.717) is 5.76 Å². The second-order valence-corrected chi connectivity index (χ2v) is 6.36. The summed E-state index contributed by atoms with van der Waals surface area (Å²) in [5, 5.41) is 10.4. The van der Waals surface area contributed by atoms with Crippen LogP contribution in [-0.2, 0) is 14.3 Å². The Balaban J connectivity index is 1.69. The van der Waals surface area contributed by atoms with Gasteiger partial charge in [0.05, 0.1) is 43.0 Å². The zero-order chi connectivity index (χ0) is 20.8. The Hall–Kier alpha value is -3.60. The lowest BCUT2D eigenvalue weighted by molar-refractivity contribution is -0.113. The van der Waals surface area contributed by atoms with E-state index in [0.717, 1.165) is 11.8 Å². The molecule has 0 radical (unpaired) electrons. The number of methoxy groups -OCH3 is 2. The van der Waals surface area contributed by atoms with Gasteiger partial charge in [0, 0.05) is 0 Å². The molecule has 0 bridgehead atoms. The van der Waals surface area contributed by atoms with Crippen LogP contribution in [0.3, 0.4) is 0 Å². The molecule has 0 spiro atoms. The number of carbonyl (C=O) groups excluding carboxylic acids is 3. The molecular formula is C18H15N3O7S. The van der Waals surface area contributed by atoms with Crippen LogP contribution in [0.25, 0.3) is 11.7 Å². The number of thioether (sulfide) groups is 1. The molecule has 0 fully saturated rings. The van der Waals surface area contributed by atoms with Gasteiger partial charge in [0.15, 0.2) is 5.76 Å². The van der Waals surface area contributed by atoms with Crippen LogP contribution in [0.4, 0.5) is 5.69 Å². The van der Waals surface area contributed by atoms with E-state index in [9.17, 15) is 14.4 Å². The highest BCUT2D eigenvalue weighted by Crippen LogP contribution is 2.24. The quantitative estimate of drug-likeness (QED) is 0.451. The molecular weight excluding hydrogens is 402 g/mol. The number of aromatic nitrogens is 2. The molecule has 2 heterocycles. The highest BCUT2D eigenvalue weighted by molar-refractivity contribution is 7.99. The van der Waals surface area contributed by atoms with Crippen molar-refractivity contribution in [3.05, 3.63) is 47.7 Å². The Kier molecular flexibility index (Phi) is 6.29. The predicted molar refractivity (Wildman–Crippen MR) is 100 cm³/mol. The van der Waals surface area contributed by atoms with Gasteiger partial charge in [0.25, 0.3) is 11.1 Å². The standard InChI is InChI=1S/C18H15N3O7S/c1-25-16(23)10-5-6-11(17(24)26-2)12(8-10)19-14(22)9-29-18-21-20-15(28-18)13-4-3-7-27-13/h3-8H,9H2,1-2H3,(H,19,22). The average Bonchev–Trinajstić information content (AvgIpc) is 3.42. The first-order valence-corrected chi connectivity index (χ1v) is 9.11. The summed E-state index contributed by atoms with van der Waals surface area (Å²) in [7, 11) is 2.44. The van der Waals surface area contributed by atoms with Crippen molar-refractivity contribution in [1.29, 1.82) is 0 Å². The van der Waals surface area contributed by atoms with Gasteiger partial charge in [-0.3, -0.25) is 4.79 Å². The fraction of sp³-hybridized carbons (Fsp3) is 0.167. The topological polar surface area (TPSA) is 134 Å². The fourth-order valence-electron chi connectivity index (χ4n) is 2.26. The van der Waals surface area contributed by atoms with Crippen molar-refractivity contribution >= 4 is 35.3 Å². The van der Waals surface area contributed by atoms with Crippen LogP contribution in [0.1, 0.15) is 20.7 Å². The largest absolute Gasteiger partial charge is 0.465 e. The van der Waals surface area contributed by atoms with E-state index in [2.05, 4.69) is 20.3 Å². The Morgan fingerprint density at radius 1 is 1.10 bits per heavy atom. The molecule has 0 unspecified atom stereocenters. The minimum Gasteiger partial charge on any atom is -0.465 e. The van der Waals surface area contributed by atoms with E-state index in [4.69, 9.17) is 13.6 Å². The van der Waals surface area contributed by atoms with Crippen LogP contribution in [0.5, 0.6) is 0 Å². The SMILES string of the molecule is COC(=O)c1ccc(C(=O)OC)c(NC(=O)CSc2nnc(-c3ccco3)o2)c1. The van der Waals surface area contributed by atoms with Gasteiger partial charge in [0.2, 0.25) is 5.91 Å². The minimum absolute atomic E-state index is 0.0805. The van der Waals surface area contributed by atoms with E-state index >= 15 is 0 Å². The number of rotatable bonds is 7. The fourth-order valence-corrected chi connectivity index (χ4v) is 2.83. The van der Waals surface area contributed by atoms with Crippen LogP contribution in [0, 0.1) is 0 Å². The summed E-state index contributed by atoms with van der Waals surface area (Å²) < 4.78 is 19.9. The predicted octanol–water partition coefficient (Wildman–Crippen LogP) is 2.63. The molecule has 11 heteroatoms. The molecule has 150 valence electrons. The van der Waals surface area contributed by atoms with Crippen molar-refractivity contribution in [2.45, 2.75) is 5.22 Å².